The van der Waals surface area contributed by atoms with E-state index in [1.807, 2.05) is 0 Å². The molecule has 0 aromatic heterocycles. The Morgan fingerprint density at radius 3 is 2.94 bits per heavy atom. The number of carboxylic acid groups (broad SMARTS) is 1. The molecule has 0 saturated heterocycles. The Hall–Kier alpha value is -1.77. The lowest BCUT2D eigenvalue weighted by Gasteiger charge is -2.22. The fourth-order valence-electron chi connectivity index (χ4n) is 1.20. The summed E-state index contributed by atoms with van der Waals surface area (Å²) in [6, 6.07) is 2.09. The molecule has 7 heteroatoms. The molecule has 7 nitrogen and oxygen atoms in total. The molecule has 16 heavy (non-hydrogen) atoms. The maximum atomic E-state index is 10.3. The van der Waals surface area contributed by atoms with Crippen molar-refractivity contribution in [2.75, 3.05) is 13.1 Å². The molecule has 0 bridgehead atoms. The van der Waals surface area contributed by atoms with Crippen LogP contribution in [0.25, 0.3) is 10.4 Å². The van der Waals surface area contributed by atoms with Crippen LogP contribution in [0.15, 0.2) is 5.11 Å². The minimum Gasteiger partial charge on any atom is -0.481 e. The summed E-state index contributed by atoms with van der Waals surface area (Å²) in [6.45, 7) is 2.37. The second kappa shape index (κ2) is 7.51. The van der Waals surface area contributed by atoms with Gasteiger partial charge in [-0.1, -0.05) is 5.11 Å². The Labute approximate surface area is 93.7 Å². The van der Waals surface area contributed by atoms with Gasteiger partial charge in [0.25, 0.3) is 0 Å². The molecule has 0 saturated carbocycles. The molecule has 0 amide bonds. The van der Waals surface area contributed by atoms with Gasteiger partial charge >= 0.3 is 5.97 Å². The van der Waals surface area contributed by atoms with Gasteiger partial charge in [-0.15, -0.1) is 0 Å². The van der Waals surface area contributed by atoms with Crippen molar-refractivity contribution in [2.24, 2.45) is 5.11 Å². The van der Waals surface area contributed by atoms with Crippen molar-refractivity contribution in [3.05, 3.63) is 10.4 Å². The number of aliphatic carboxylic acids is 1. The number of hydrogen-bond acceptors (Lipinski definition) is 4. The van der Waals surface area contributed by atoms with E-state index in [2.05, 4.69) is 21.4 Å². The summed E-state index contributed by atoms with van der Waals surface area (Å²) in [5, 5.41) is 23.7. The number of nitrogens with zero attached hydrogens (tertiary/aromatic N) is 4. The van der Waals surface area contributed by atoms with E-state index in [-0.39, 0.29) is 13.0 Å². The lowest BCUT2D eigenvalue weighted by molar-refractivity contribution is -0.137. The maximum absolute atomic E-state index is 10.3. The maximum Gasteiger partial charge on any atom is 0.303 e. The highest BCUT2D eigenvalue weighted by Gasteiger charge is 2.22. The van der Waals surface area contributed by atoms with Crippen molar-refractivity contribution in [3.63, 3.8) is 0 Å². The molecule has 0 spiro atoms. The summed E-state index contributed by atoms with van der Waals surface area (Å²) in [7, 11) is 0. The van der Waals surface area contributed by atoms with E-state index in [0.717, 1.165) is 0 Å². The molecule has 0 aliphatic rings. The molecule has 0 aromatic carbocycles. The van der Waals surface area contributed by atoms with Gasteiger partial charge in [-0.25, -0.2) is 0 Å². The molecule has 0 fully saturated rings. The lowest BCUT2D eigenvalue weighted by atomic mass is 9.96. The summed E-state index contributed by atoms with van der Waals surface area (Å²) in [5.41, 5.74) is 7.29. The third-order valence-corrected chi connectivity index (χ3v) is 2.10. The van der Waals surface area contributed by atoms with Crippen molar-refractivity contribution in [2.45, 2.75) is 31.7 Å². The zero-order valence-electron chi connectivity index (χ0n) is 9.18. The molecule has 1 atom stereocenters. The van der Waals surface area contributed by atoms with Crippen molar-refractivity contribution < 1.29 is 9.90 Å². The second-order valence-corrected chi connectivity index (χ2v) is 3.57. The summed E-state index contributed by atoms with van der Waals surface area (Å²) in [5.74, 6) is -0.866. The van der Waals surface area contributed by atoms with Crippen molar-refractivity contribution in [3.8, 4) is 6.07 Å². The highest BCUT2D eigenvalue weighted by molar-refractivity contribution is 5.66. The number of carboxylic acids is 1. The van der Waals surface area contributed by atoms with Crippen LogP contribution in [-0.4, -0.2) is 29.7 Å². The molecule has 0 aliphatic heterocycles. The normalized spacial score (nSPS) is 13.2. The van der Waals surface area contributed by atoms with Crippen LogP contribution in [0, 0.1) is 11.3 Å². The Morgan fingerprint density at radius 2 is 2.44 bits per heavy atom. The molecule has 0 rings (SSSR count). The van der Waals surface area contributed by atoms with Gasteiger partial charge in [-0.05, 0) is 25.3 Å². The Balaban J connectivity index is 3.96. The van der Waals surface area contributed by atoms with Gasteiger partial charge in [-0.2, -0.15) is 5.26 Å². The SMILES string of the molecule is CC(C#N)(CCCC(=O)O)NCCN=[N+]=[N-]. The van der Waals surface area contributed by atoms with Gasteiger partial charge < -0.3 is 5.11 Å². The summed E-state index contributed by atoms with van der Waals surface area (Å²) in [4.78, 5) is 12.9. The van der Waals surface area contributed by atoms with Gasteiger partial charge in [0.15, 0.2) is 0 Å². The molecular formula is C9H15N5O2. The average Bonchev–Trinajstić information content (AvgIpc) is 2.24. The largest absolute Gasteiger partial charge is 0.481 e. The van der Waals surface area contributed by atoms with Crippen LogP contribution in [0.5, 0.6) is 0 Å². The van der Waals surface area contributed by atoms with Crippen LogP contribution < -0.4 is 5.32 Å². The summed E-state index contributed by atoms with van der Waals surface area (Å²) in [6.07, 6.45) is 0.940. The first-order valence-electron chi connectivity index (χ1n) is 4.93. The Kier molecular flexibility index (Phi) is 6.68. The molecule has 1 unspecified atom stereocenters. The van der Waals surface area contributed by atoms with E-state index in [1.165, 1.54) is 0 Å². The third kappa shape index (κ3) is 6.65. The zero-order chi connectivity index (χ0) is 12.4. The van der Waals surface area contributed by atoms with Crippen LogP contribution in [0.4, 0.5) is 0 Å². The highest BCUT2D eigenvalue weighted by Crippen LogP contribution is 2.12. The summed E-state index contributed by atoms with van der Waals surface area (Å²) < 4.78 is 0. The molecule has 0 aliphatic carbocycles. The summed E-state index contributed by atoms with van der Waals surface area (Å²) >= 11 is 0. The first-order chi connectivity index (χ1) is 7.54. The lowest BCUT2D eigenvalue weighted by Crippen LogP contribution is -2.42. The van der Waals surface area contributed by atoms with Crippen molar-refractivity contribution >= 4 is 5.97 Å². The Bertz CT molecular complexity index is 308. The van der Waals surface area contributed by atoms with E-state index >= 15 is 0 Å². The van der Waals surface area contributed by atoms with Gasteiger partial charge in [0.1, 0.15) is 5.54 Å². The molecule has 0 aromatic rings. The molecule has 88 valence electrons. The van der Waals surface area contributed by atoms with E-state index in [9.17, 15) is 4.79 Å². The highest BCUT2D eigenvalue weighted by atomic mass is 16.4. The van der Waals surface area contributed by atoms with E-state index < -0.39 is 11.5 Å². The van der Waals surface area contributed by atoms with Crippen molar-refractivity contribution in [1.82, 2.24) is 5.32 Å². The van der Waals surface area contributed by atoms with Crippen LogP contribution in [0.3, 0.4) is 0 Å². The van der Waals surface area contributed by atoms with Crippen LogP contribution >= 0.6 is 0 Å². The van der Waals surface area contributed by atoms with Gasteiger partial charge in [0, 0.05) is 24.4 Å². The topological polar surface area (TPSA) is 122 Å². The van der Waals surface area contributed by atoms with Crippen molar-refractivity contribution in [1.29, 1.82) is 5.26 Å². The average molecular weight is 225 g/mol. The number of carbonyl (C=O) groups is 1. The second-order valence-electron chi connectivity index (χ2n) is 3.57. The Morgan fingerprint density at radius 1 is 1.75 bits per heavy atom. The standard InChI is InChI=1S/C9H15N5O2/c1-9(7-10,4-2-3-8(15)16)12-5-6-13-14-11/h12H,2-6H2,1H3,(H,15,16). The van der Waals surface area contributed by atoms with Crippen LogP contribution in [-0.2, 0) is 4.79 Å². The number of nitrogens with one attached hydrogen (secondary N) is 1. The van der Waals surface area contributed by atoms with E-state index in [4.69, 9.17) is 15.9 Å². The predicted octanol–water partition coefficient (Wildman–Crippen LogP) is 1.42. The molecule has 0 heterocycles. The van der Waals surface area contributed by atoms with Crippen LogP contribution in [0.1, 0.15) is 26.2 Å². The number of nitriles is 1. The first-order valence-corrected chi connectivity index (χ1v) is 4.93. The van der Waals surface area contributed by atoms with Crippen LogP contribution in [0.2, 0.25) is 0 Å². The number of rotatable bonds is 8. The fourth-order valence-corrected chi connectivity index (χ4v) is 1.20. The fraction of sp³-hybridized carbons (Fsp3) is 0.778. The number of hydrogen-bond donors (Lipinski definition) is 2. The smallest absolute Gasteiger partial charge is 0.303 e. The monoisotopic (exact) mass is 225 g/mol. The van der Waals surface area contributed by atoms with Gasteiger partial charge in [-0.3, -0.25) is 10.1 Å². The van der Waals surface area contributed by atoms with E-state index in [1.54, 1.807) is 6.92 Å². The minimum absolute atomic E-state index is 0.0509. The third-order valence-electron chi connectivity index (χ3n) is 2.10. The molecule has 2 N–H and O–H groups in total. The van der Waals surface area contributed by atoms with Gasteiger partial charge in [0.05, 0.1) is 6.07 Å². The molecular weight excluding hydrogens is 210 g/mol. The number of azide groups is 1. The minimum atomic E-state index is -0.866. The molecule has 0 radical (unpaired) electrons. The zero-order valence-corrected chi connectivity index (χ0v) is 9.18. The van der Waals surface area contributed by atoms with Gasteiger partial charge in [0.2, 0.25) is 0 Å². The predicted molar refractivity (Wildman–Crippen MR) is 57.5 cm³/mol. The van der Waals surface area contributed by atoms with E-state index in [0.29, 0.717) is 19.4 Å². The quantitative estimate of drug-likeness (QED) is 0.280. The first kappa shape index (κ1) is 14.2.